The molecular weight excluding hydrogens is 988 g/mol. The van der Waals surface area contributed by atoms with Crippen LogP contribution in [0.25, 0.3) is 0 Å². The van der Waals surface area contributed by atoms with Gasteiger partial charge in [-0.15, -0.1) is 0 Å². The second-order valence-corrected chi connectivity index (χ2v) is 25.7. The molecule has 1 heterocycles. The van der Waals surface area contributed by atoms with Crippen molar-refractivity contribution in [2.75, 3.05) is 47.0 Å². The predicted octanol–water partition coefficient (Wildman–Crippen LogP) is 9.04. The van der Waals surface area contributed by atoms with E-state index in [1.807, 2.05) is 40.1 Å². The van der Waals surface area contributed by atoms with Gasteiger partial charge in [0.15, 0.2) is 30.3 Å². The summed E-state index contributed by atoms with van der Waals surface area (Å²) in [6.07, 6.45) is 17.1. The number of likely N-dealkylation sites (N-methyl/N-ethyl adjacent to an activating group) is 1. The molecule has 1 aliphatic heterocycles. The normalized spacial score (nSPS) is 30.2. The van der Waals surface area contributed by atoms with Gasteiger partial charge in [-0.25, -0.2) is 9.36 Å². The van der Waals surface area contributed by atoms with E-state index in [1.54, 1.807) is 24.3 Å². The number of phosphoric acid groups is 1. The highest BCUT2D eigenvalue weighted by Gasteiger charge is 2.76. The first-order valence-electron chi connectivity index (χ1n) is 28.5. The number of ether oxygens (including phenoxy) is 4. The van der Waals surface area contributed by atoms with E-state index in [4.69, 9.17) is 23.5 Å². The second kappa shape index (κ2) is 24.8. The van der Waals surface area contributed by atoms with Gasteiger partial charge in [-0.3, -0.25) is 19.4 Å². The summed E-state index contributed by atoms with van der Waals surface area (Å²) in [5.41, 5.74) is 0.485. The number of aryl methyl sites for hydroxylation is 1. The molecular formula is C60H88N2O13P+. The molecule has 2 aromatic carbocycles. The minimum absolute atomic E-state index is 0.0305. The fourth-order valence-electron chi connectivity index (χ4n) is 15.0. The van der Waals surface area contributed by atoms with Gasteiger partial charge in [-0.2, -0.15) is 0 Å². The van der Waals surface area contributed by atoms with Gasteiger partial charge in [-0.1, -0.05) is 108 Å². The number of esters is 1. The zero-order chi connectivity index (χ0) is 54.5. The van der Waals surface area contributed by atoms with E-state index in [9.17, 15) is 34.2 Å². The van der Waals surface area contributed by atoms with Gasteiger partial charge in [-0.05, 0) is 124 Å². The molecule has 420 valence electrons. The maximum Gasteiger partial charge on any atom is 0.524 e. The topological polar surface area (TPSA) is 207 Å². The number of Topliss-reactive ketones (excluding diaryl/α,β-unsaturated/α-hetero) is 1. The summed E-state index contributed by atoms with van der Waals surface area (Å²) >= 11 is 0. The molecule has 5 N–H and O–H groups in total. The fraction of sp³-hybridized carbons (Fsp3) is 0.683. The van der Waals surface area contributed by atoms with Gasteiger partial charge >= 0.3 is 13.8 Å². The van der Waals surface area contributed by atoms with Crippen LogP contribution in [-0.4, -0.2) is 119 Å². The SMILES string of the molecule is CC(C)C(C(=O)OCC(=O)[C@@]12O[C@H](C3CCCCC3)O[C@H]1CC1C3CCC4=CC(=O)C=C[C@]4(C)C3[C@@H](O)C[C@@]12C)[N+](C)(C)Cc1cc(C(O)CNCCCCCCOCCCCc2ccccc2)ccc1OP(=O)(O)O. The number of carbonyl (C=O) groups is 3. The van der Waals surface area contributed by atoms with Crippen LogP contribution in [0.2, 0.25) is 0 Å². The van der Waals surface area contributed by atoms with Crippen molar-refractivity contribution in [1.82, 2.24) is 5.32 Å². The smallest absolute Gasteiger partial charge is 0.453 e. The number of rotatable bonds is 26. The number of nitrogens with one attached hydrogen (secondary N) is 1. The zero-order valence-electron chi connectivity index (χ0n) is 46.0. The van der Waals surface area contributed by atoms with E-state index in [0.29, 0.717) is 24.1 Å². The van der Waals surface area contributed by atoms with Crippen LogP contribution in [0.15, 0.2) is 72.3 Å². The van der Waals surface area contributed by atoms with E-state index in [2.05, 4.69) is 43.4 Å². The Labute approximate surface area is 451 Å². The lowest BCUT2D eigenvalue weighted by atomic mass is 9.46. The van der Waals surface area contributed by atoms with Gasteiger partial charge in [0.1, 0.15) is 12.3 Å². The van der Waals surface area contributed by atoms with E-state index < -0.39 is 67.5 Å². The first-order valence-corrected chi connectivity index (χ1v) is 30.1. The number of unbranched alkanes of at least 4 members (excludes halogenated alkanes) is 4. The summed E-state index contributed by atoms with van der Waals surface area (Å²) in [6, 6.07) is 14.3. The monoisotopic (exact) mass is 1080 g/mol. The lowest BCUT2D eigenvalue weighted by Crippen LogP contribution is -2.64. The van der Waals surface area contributed by atoms with Gasteiger partial charge in [0.05, 0.1) is 32.4 Å². The molecule has 0 aromatic heterocycles. The number of nitrogens with zero attached hydrogens (tertiary/aromatic N) is 1. The molecule has 0 amide bonds. The van der Waals surface area contributed by atoms with E-state index >= 15 is 4.79 Å². The maximum absolute atomic E-state index is 15.3. The van der Waals surface area contributed by atoms with Crippen molar-refractivity contribution in [2.45, 2.75) is 173 Å². The van der Waals surface area contributed by atoms with Crippen molar-refractivity contribution < 1.29 is 66.9 Å². The summed E-state index contributed by atoms with van der Waals surface area (Å²) in [5.74, 6) is -1.46. The standard InChI is InChI=1S/C60H87N2O13P/c1-40(2)55(62(5,6)38-44-33-43(24-27-51(44)75-76(68,69)70)50(65)37-61-30-16-7-8-17-31-71-32-18-15-21-41-19-11-9-12-20-41)56(67)72-39-52(66)60-53(73-57(74-60)42-22-13-10-14-23-42)35-48-47-26-25-45-34-46(63)28-29-58(45,3)54(47)49(64)36-59(48,60)4/h9,11-12,19-20,24,27-29,33-34,40,42,47-50,53-55,57,61,64-65H,7-8,10,13-18,21-23,25-26,30-32,35-39H2,1-6H3,(H-,68,69,70)/p+1/t47?,48?,49-,50?,53-,54?,55?,57+,58-,59-,60+/m0/s1. The van der Waals surface area contributed by atoms with Crippen LogP contribution in [0, 0.1) is 40.4 Å². The average Bonchev–Trinajstić information content (AvgIpc) is 3.96. The molecule has 8 rings (SSSR count). The molecule has 0 spiro atoms. The molecule has 11 atom stereocenters. The van der Waals surface area contributed by atoms with Crippen molar-refractivity contribution in [3.63, 3.8) is 0 Å². The lowest BCUT2D eigenvalue weighted by molar-refractivity contribution is -0.923. The minimum atomic E-state index is -5.00. The van der Waals surface area contributed by atoms with Crippen molar-refractivity contribution in [2.24, 2.45) is 40.4 Å². The number of aliphatic hydroxyl groups is 2. The summed E-state index contributed by atoms with van der Waals surface area (Å²) in [5, 5.41) is 27.0. The Bertz CT molecular complexity index is 2440. The third kappa shape index (κ3) is 12.9. The number of ketones is 2. The summed E-state index contributed by atoms with van der Waals surface area (Å²) in [4.78, 5) is 62.3. The Kier molecular flexibility index (Phi) is 19.1. The number of allylic oxidation sites excluding steroid dienone is 4. The number of quaternary nitrogens is 1. The molecule has 2 aromatic rings. The molecule has 15 nitrogen and oxygen atoms in total. The number of hydrogen-bond donors (Lipinski definition) is 5. The molecule has 5 unspecified atom stereocenters. The number of hydrogen-bond acceptors (Lipinski definition) is 12. The highest BCUT2D eigenvalue weighted by atomic mass is 31.2. The van der Waals surface area contributed by atoms with Gasteiger partial charge < -0.3 is 43.5 Å². The number of phosphoric ester groups is 1. The molecule has 1 saturated heterocycles. The Morgan fingerprint density at radius 1 is 0.947 bits per heavy atom. The largest absolute Gasteiger partial charge is 0.524 e. The quantitative estimate of drug-likeness (QED) is 0.0258. The molecule has 0 bridgehead atoms. The van der Waals surface area contributed by atoms with Crippen molar-refractivity contribution in [3.05, 3.63) is 89.0 Å². The van der Waals surface area contributed by atoms with E-state index in [-0.39, 0.29) is 70.9 Å². The van der Waals surface area contributed by atoms with Crippen LogP contribution < -0.4 is 9.84 Å². The number of benzene rings is 2. The predicted molar refractivity (Wildman–Crippen MR) is 288 cm³/mol. The molecule has 16 heteroatoms. The molecule has 76 heavy (non-hydrogen) atoms. The van der Waals surface area contributed by atoms with Crippen LogP contribution in [0.1, 0.15) is 147 Å². The third-order valence-corrected chi connectivity index (χ3v) is 19.0. The number of fused-ring (bicyclic) bond motifs is 7. The molecule has 4 saturated carbocycles. The Balaban J connectivity index is 0.895. The summed E-state index contributed by atoms with van der Waals surface area (Å²) < 4.78 is 43.4. The van der Waals surface area contributed by atoms with Crippen LogP contribution in [0.4, 0.5) is 0 Å². The van der Waals surface area contributed by atoms with Crippen LogP contribution in [-0.2, 0) is 50.9 Å². The highest BCUT2D eigenvalue weighted by Crippen LogP contribution is 2.70. The van der Waals surface area contributed by atoms with Crippen LogP contribution in [0.5, 0.6) is 5.75 Å². The van der Waals surface area contributed by atoms with Crippen molar-refractivity contribution in [3.8, 4) is 5.75 Å². The summed E-state index contributed by atoms with van der Waals surface area (Å²) in [6.45, 7) is 9.95. The number of aliphatic hydroxyl groups excluding tert-OH is 2. The minimum Gasteiger partial charge on any atom is -0.453 e. The zero-order valence-corrected chi connectivity index (χ0v) is 46.9. The summed E-state index contributed by atoms with van der Waals surface area (Å²) in [7, 11) is -1.36. The van der Waals surface area contributed by atoms with Gasteiger partial charge in [0, 0.05) is 53.9 Å². The first-order chi connectivity index (χ1) is 36.2. The van der Waals surface area contributed by atoms with Gasteiger partial charge in [0.2, 0.25) is 5.78 Å². The Morgan fingerprint density at radius 2 is 1.67 bits per heavy atom. The van der Waals surface area contributed by atoms with Crippen LogP contribution in [0.3, 0.4) is 0 Å². The molecule has 6 aliphatic rings. The fourth-order valence-corrected chi connectivity index (χ4v) is 15.5. The third-order valence-electron chi connectivity index (χ3n) is 18.5. The molecule has 5 fully saturated rings. The second-order valence-electron chi connectivity index (χ2n) is 24.5. The average molecular weight is 1080 g/mol. The van der Waals surface area contributed by atoms with Crippen molar-refractivity contribution in [1.29, 1.82) is 0 Å². The van der Waals surface area contributed by atoms with E-state index in [0.717, 1.165) is 109 Å². The van der Waals surface area contributed by atoms with E-state index in [1.165, 1.54) is 11.6 Å². The number of carbonyl (C=O) groups excluding carboxylic acids is 3. The lowest BCUT2D eigenvalue weighted by Gasteiger charge is -2.59. The first kappa shape index (κ1) is 58.5. The maximum atomic E-state index is 15.3. The molecule has 0 radical (unpaired) electrons. The van der Waals surface area contributed by atoms with Gasteiger partial charge in [0.25, 0.3) is 0 Å². The Hall–Kier alpha value is -3.60. The highest BCUT2D eigenvalue weighted by molar-refractivity contribution is 7.46. The Morgan fingerprint density at radius 3 is 2.39 bits per heavy atom. The van der Waals surface area contributed by atoms with Crippen LogP contribution >= 0.6 is 7.82 Å². The van der Waals surface area contributed by atoms with Crippen molar-refractivity contribution >= 4 is 25.4 Å². The molecule has 5 aliphatic carbocycles.